The highest BCUT2D eigenvalue weighted by Gasteiger charge is 2.34. The summed E-state index contributed by atoms with van der Waals surface area (Å²) >= 11 is 0. The average Bonchev–Trinajstić information content (AvgIpc) is 3.10. The number of pyridine rings is 1. The van der Waals surface area contributed by atoms with Crippen molar-refractivity contribution in [3.05, 3.63) is 23.0 Å². The number of aryl methyl sites for hydroxylation is 3. The van der Waals surface area contributed by atoms with Gasteiger partial charge in [-0.2, -0.15) is 5.10 Å². The Morgan fingerprint density at radius 2 is 2.07 bits per heavy atom. The number of rotatable bonds is 5. The van der Waals surface area contributed by atoms with Crippen LogP contribution in [0.4, 0.5) is 0 Å². The Hall–Kier alpha value is -2.04. The number of sulfonamides is 1. The van der Waals surface area contributed by atoms with E-state index in [1.165, 1.54) is 18.4 Å². The molecule has 0 unspecified atom stereocenters. The second kappa shape index (κ2) is 7.17. The van der Waals surface area contributed by atoms with E-state index in [0.717, 1.165) is 5.69 Å². The van der Waals surface area contributed by atoms with Crippen molar-refractivity contribution >= 4 is 27.0 Å². The van der Waals surface area contributed by atoms with E-state index in [4.69, 9.17) is 4.74 Å². The Morgan fingerprint density at radius 3 is 2.74 bits per heavy atom. The smallest absolute Gasteiger partial charge is 0.252 e. The minimum atomic E-state index is -3.38. The standard InChI is InChI=1S/C17H25N5O4S/c1-10-6-13(15-11(2)20-22(5)16(15)18-10)17(23)19-14-8-26-7-12(14)9-27(24,25)21(3)4/h6,12,14H,7-9H2,1-5H3,(H,19,23)/t12-,14+/m0/s1. The van der Waals surface area contributed by atoms with Gasteiger partial charge in [-0.15, -0.1) is 0 Å². The zero-order chi connectivity index (χ0) is 19.9. The van der Waals surface area contributed by atoms with E-state index in [1.807, 2.05) is 13.8 Å². The summed E-state index contributed by atoms with van der Waals surface area (Å²) in [6, 6.07) is 1.36. The van der Waals surface area contributed by atoms with Gasteiger partial charge in [0.05, 0.1) is 41.7 Å². The molecule has 0 radical (unpaired) electrons. The van der Waals surface area contributed by atoms with Gasteiger partial charge in [-0.3, -0.25) is 9.48 Å². The van der Waals surface area contributed by atoms with Gasteiger partial charge in [0.1, 0.15) is 0 Å². The van der Waals surface area contributed by atoms with Crippen LogP contribution in [0.5, 0.6) is 0 Å². The third-order valence-electron chi connectivity index (χ3n) is 4.84. The highest BCUT2D eigenvalue weighted by atomic mass is 32.2. The Morgan fingerprint density at radius 1 is 1.37 bits per heavy atom. The van der Waals surface area contributed by atoms with Crippen LogP contribution in [0.15, 0.2) is 6.07 Å². The summed E-state index contributed by atoms with van der Waals surface area (Å²) < 4.78 is 32.7. The number of ether oxygens (including phenoxy) is 1. The maximum Gasteiger partial charge on any atom is 0.252 e. The van der Waals surface area contributed by atoms with Crippen molar-refractivity contribution in [3.63, 3.8) is 0 Å². The molecule has 1 amide bonds. The van der Waals surface area contributed by atoms with Crippen LogP contribution in [0.2, 0.25) is 0 Å². The van der Waals surface area contributed by atoms with Crippen LogP contribution < -0.4 is 5.32 Å². The van der Waals surface area contributed by atoms with Gasteiger partial charge in [-0.25, -0.2) is 17.7 Å². The first-order valence-corrected chi connectivity index (χ1v) is 10.3. The Bertz CT molecular complexity index is 983. The molecule has 2 aromatic rings. The van der Waals surface area contributed by atoms with Crippen LogP contribution in [0.3, 0.4) is 0 Å². The summed E-state index contributed by atoms with van der Waals surface area (Å²) in [5, 5.41) is 8.01. The first kappa shape index (κ1) is 19.7. The molecule has 1 aliphatic rings. The number of carbonyl (C=O) groups excluding carboxylic acids is 1. The summed E-state index contributed by atoms with van der Waals surface area (Å²) in [5.74, 6) is -0.638. The second-order valence-electron chi connectivity index (χ2n) is 7.16. The van der Waals surface area contributed by atoms with E-state index in [9.17, 15) is 13.2 Å². The van der Waals surface area contributed by atoms with E-state index in [2.05, 4.69) is 15.4 Å². The highest BCUT2D eigenvalue weighted by molar-refractivity contribution is 7.89. The fraction of sp³-hybridized carbons (Fsp3) is 0.588. The molecule has 3 rings (SSSR count). The lowest BCUT2D eigenvalue weighted by molar-refractivity contribution is 0.0927. The van der Waals surface area contributed by atoms with Gasteiger partial charge in [0.15, 0.2) is 5.65 Å². The van der Waals surface area contributed by atoms with Gasteiger partial charge >= 0.3 is 0 Å². The minimum absolute atomic E-state index is 0.0678. The zero-order valence-corrected chi connectivity index (χ0v) is 17.0. The molecular weight excluding hydrogens is 370 g/mol. The van der Waals surface area contributed by atoms with E-state index in [0.29, 0.717) is 35.5 Å². The van der Waals surface area contributed by atoms with E-state index >= 15 is 0 Å². The molecular formula is C17H25N5O4S. The number of nitrogens with zero attached hydrogens (tertiary/aromatic N) is 4. The van der Waals surface area contributed by atoms with Crippen LogP contribution in [-0.2, 0) is 21.8 Å². The number of fused-ring (bicyclic) bond motifs is 1. The first-order valence-electron chi connectivity index (χ1n) is 8.70. The molecule has 1 N–H and O–H groups in total. The summed E-state index contributed by atoms with van der Waals surface area (Å²) in [4.78, 5) is 17.4. The van der Waals surface area contributed by atoms with Crippen molar-refractivity contribution in [3.8, 4) is 0 Å². The molecule has 0 saturated carbocycles. The number of hydrogen-bond acceptors (Lipinski definition) is 6. The summed E-state index contributed by atoms with van der Waals surface area (Å²) in [7, 11) is 1.41. The number of hydrogen-bond donors (Lipinski definition) is 1. The molecule has 2 atom stereocenters. The third-order valence-corrected chi connectivity index (χ3v) is 6.80. The maximum absolute atomic E-state index is 13.0. The van der Waals surface area contributed by atoms with Crippen molar-refractivity contribution in [2.24, 2.45) is 13.0 Å². The lowest BCUT2D eigenvalue weighted by atomic mass is 10.0. The van der Waals surface area contributed by atoms with Gasteiger partial charge in [0.2, 0.25) is 10.0 Å². The minimum Gasteiger partial charge on any atom is -0.379 e. The number of amides is 1. The summed E-state index contributed by atoms with van der Waals surface area (Å²) in [6.07, 6.45) is 0. The number of nitrogens with one attached hydrogen (secondary N) is 1. The first-order chi connectivity index (χ1) is 12.6. The maximum atomic E-state index is 13.0. The van der Waals surface area contributed by atoms with Gasteiger partial charge in [0.25, 0.3) is 5.91 Å². The molecule has 1 saturated heterocycles. The molecule has 9 nitrogen and oxygen atoms in total. The Labute approximate surface area is 158 Å². The van der Waals surface area contributed by atoms with Crippen molar-refractivity contribution in [1.29, 1.82) is 0 Å². The Balaban J connectivity index is 1.86. The number of carbonyl (C=O) groups is 1. The topological polar surface area (TPSA) is 106 Å². The molecule has 1 fully saturated rings. The quantitative estimate of drug-likeness (QED) is 0.776. The zero-order valence-electron chi connectivity index (χ0n) is 16.2. The molecule has 27 heavy (non-hydrogen) atoms. The van der Waals surface area contributed by atoms with Gasteiger partial charge in [-0.05, 0) is 19.9 Å². The fourth-order valence-corrected chi connectivity index (χ4v) is 4.50. The lowest BCUT2D eigenvalue weighted by Crippen LogP contribution is -2.43. The number of aromatic nitrogens is 3. The molecule has 3 heterocycles. The van der Waals surface area contributed by atoms with Gasteiger partial charge in [-0.1, -0.05) is 0 Å². The normalized spacial score (nSPS) is 20.5. The van der Waals surface area contributed by atoms with E-state index < -0.39 is 10.0 Å². The van der Waals surface area contributed by atoms with Crippen LogP contribution in [0, 0.1) is 19.8 Å². The van der Waals surface area contributed by atoms with Crippen molar-refractivity contribution in [2.75, 3.05) is 33.1 Å². The molecule has 2 aromatic heterocycles. The van der Waals surface area contributed by atoms with Gasteiger partial charge < -0.3 is 10.1 Å². The van der Waals surface area contributed by atoms with E-state index in [-0.39, 0.29) is 23.6 Å². The Kier molecular flexibility index (Phi) is 5.24. The van der Waals surface area contributed by atoms with Gasteiger partial charge in [0, 0.05) is 32.8 Å². The third kappa shape index (κ3) is 3.83. The second-order valence-corrected chi connectivity index (χ2v) is 9.38. The SMILES string of the molecule is Cc1cc(C(=O)N[C@@H]2COC[C@H]2CS(=O)(=O)N(C)C)c2c(C)nn(C)c2n1. The van der Waals surface area contributed by atoms with Crippen molar-refractivity contribution < 1.29 is 17.9 Å². The average molecular weight is 395 g/mol. The van der Waals surface area contributed by atoms with Crippen molar-refractivity contribution in [1.82, 2.24) is 24.4 Å². The molecule has 148 valence electrons. The summed E-state index contributed by atoms with van der Waals surface area (Å²) in [6.45, 7) is 4.25. The summed E-state index contributed by atoms with van der Waals surface area (Å²) in [5.41, 5.74) is 2.57. The van der Waals surface area contributed by atoms with Crippen molar-refractivity contribution in [2.45, 2.75) is 19.9 Å². The van der Waals surface area contributed by atoms with Crippen LogP contribution >= 0.6 is 0 Å². The lowest BCUT2D eigenvalue weighted by Gasteiger charge is -2.21. The molecule has 10 heteroatoms. The molecule has 0 spiro atoms. The van der Waals surface area contributed by atoms with E-state index in [1.54, 1.807) is 17.8 Å². The molecule has 0 aliphatic carbocycles. The predicted octanol–water partition coefficient (Wildman–Crippen LogP) is 0.221. The highest BCUT2D eigenvalue weighted by Crippen LogP contribution is 2.23. The monoisotopic (exact) mass is 395 g/mol. The fourth-order valence-electron chi connectivity index (χ4n) is 3.34. The van der Waals surface area contributed by atoms with Crippen LogP contribution in [0.25, 0.3) is 11.0 Å². The molecule has 0 aromatic carbocycles. The van der Waals surface area contributed by atoms with Crippen LogP contribution in [0.1, 0.15) is 21.7 Å². The van der Waals surface area contributed by atoms with Crippen LogP contribution in [-0.4, -0.2) is 72.5 Å². The predicted molar refractivity (Wildman–Crippen MR) is 101 cm³/mol. The largest absolute Gasteiger partial charge is 0.379 e. The molecule has 1 aliphatic heterocycles. The molecule has 0 bridgehead atoms.